The van der Waals surface area contributed by atoms with Gasteiger partial charge in [0, 0.05) is 31.0 Å². The molecule has 0 aliphatic heterocycles. The number of hydroxylamine groups is 1. The van der Waals surface area contributed by atoms with Crippen LogP contribution in [-0.4, -0.2) is 40.1 Å². The Morgan fingerprint density at radius 3 is 2.64 bits per heavy atom. The molecule has 5 heteroatoms. The minimum atomic E-state index is 0.0527. The molecule has 0 bridgehead atoms. The minimum absolute atomic E-state index is 0.0527. The van der Waals surface area contributed by atoms with Crippen LogP contribution in [0, 0.1) is 0 Å². The zero-order valence-corrected chi connectivity index (χ0v) is 8.67. The fourth-order valence-corrected chi connectivity index (χ4v) is 1.30. The molecule has 0 atom stereocenters. The van der Waals surface area contributed by atoms with Crippen LogP contribution in [0.3, 0.4) is 0 Å². The molecule has 0 heterocycles. The molecule has 1 amide bonds. The third-order valence-corrected chi connectivity index (χ3v) is 1.78. The van der Waals surface area contributed by atoms with E-state index in [1.54, 1.807) is 4.90 Å². The van der Waals surface area contributed by atoms with E-state index in [0.717, 1.165) is 11.0 Å². The number of hydrogen-bond donors (Lipinski definition) is 2. The summed E-state index contributed by atoms with van der Waals surface area (Å²) in [5, 5.41) is 8.28. The number of alkyl halides is 1. The van der Waals surface area contributed by atoms with E-state index < -0.39 is 0 Å². The molecule has 0 fully saturated rings. The maximum atomic E-state index is 10.9. The lowest BCUT2D eigenvalue weighted by molar-refractivity contribution is -0.128. The predicted molar refractivity (Wildman–Crippen MR) is 50.9 cm³/mol. The first-order chi connectivity index (χ1) is 5.22. The maximum absolute atomic E-state index is 10.9. The van der Waals surface area contributed by atoms with E-state index in [9.17, 15) is 4.79 Å². The normalized spacial score (nSPS) is 9.73. The molecular formula is C6H13IN2O2. The van der Waals surface area contributed by atoms with E-state index in [1.165, 1.54) is 6.92 Å². The Bertz CT molecular complexity index is 121. The van der Waals surface area contributed by atoms with Gasteiger partial charge in [-0.2, -0.15) is 0 Å². The van der Waals surface area contributed by atoms with Crippen LogP contribution in [0.5, 0.6) is 0 Å². The molecule has 66 valence electrons. The summed E-state index contributed by atoms with van der Waals surface area (Å²) < 4.78 is 0.919. The number of nitrogens with one attached hydrogen (secondary N) is 1. The van der Waals surface area contributed by atoms with Gasteiger partial charge in [-0.1, -0.05) is 22.6 Å². The Hall–Kier alpha value is 0.120. The first kappa shape index (κ1) is 11.1. The van der Waals surface area contributed by atoms with Crippen molar-refractivity contribution in [1.82, 2.24) is 10.4 Å². The monoisotopic (exact) mass is 272 g/mol. The third-order valence-electron chi connectivity index (χ3n) is 1.29. The van der Waals surface area contributed by atoms with Crippen LogP contribution >= 0.6 is 22.6 Å². The summed E-state index contributed by atoms with van der Waals surface area (Å²) >= 11 is 2.21. The average Bonchev–Trinajstić information content (AvgIpc) is 1.97. The number of carbonyl (C=O) groups is 1. The number of rotatable bonds is 5. The van der Waals surface area contributed by atoms with Crippen LogP contribution in [0.25, 0.3) is 0 Å². The number of nitrogens with zero attached hydrogens (tertiary/aromatic N) is 1. The molecule has 0 spiro atoms. The molecule has 11 heavy (non-hydrogen) atoms. The highest BCUT2D eigenvalue weighted by Gasteiger charge is 2.05. The summed E-state index contributed by atoms with van der Waals surface area (Å²) in [7, 11) is 0. The molecule has 0 saturated heterocycles. The molecule has 0 radical (unpaired) electrons. The van der Waals surface area contributed by atoms with Crippen LogP contribution in [0.4, 0.5) is 0 Å². The number of amides is 1. The third kappa shape index (κ3) is 5.40. The first-order valence-electron chi connectivity index (χ1n) is 3.40. The zero-order valence-electron chi connectivity index (χ0n) is 6.51. The highest BCUT2D eigenvalue weighted by atomic mass is 127. The molecule has 0 aromatic rings. The SMILES string of the molecule is CC(=O)N(CCI)CCNO. The summed E-state index contributed by atoms with van der Waals surface area (Å²) in [6, 6.07) is 0. The summed E-state index contributed by atoms with van der Waals surface area (Å²) in [6.45, 7) is 3.27. The number of halogens is 1. The average molecular weight is 272 g/mol. The van der Waals surface area contributed by atoms with Crippen molar-refractivity contribution < 1.29 is 10.0 Å². The van der Waals surface area contributed by atoms with Gasteiger partial charge in [-0.25, -0.2) is 5.48 Å². The highest BCUT2D eigenvalue weighted by Crippen LogP contribution is 1.91. The Morgan fingerprint density at radius 1 is 1.64 bits per heavy atom. The summed E-state index contributed by atoms with van der Waals surface area (Å²) in [6.07, 6.45) is 0. The van der Waals surface area contributed by atoms with Crippen molar-refractivity contribution in [1.29, 1.82) is 0 Å². The Kier molecular flexibility index (Phi) is 6.88. The fourth-order valence-electron chi connectivity index (χ4n) is 0.714. The van der Waals surface area contributed by atoms with Gasteiger partial charge in [0.15, 0.2) is 0 Å². The Labute approximate surface area is 80.0 Å². The van der Waals surface area contributed by atoms with Gasteiger partial charge in [0.2, 0.25) is 5.91 Å². The molecule has 0 rings (SSSR count). The van der Waals surface area contributed by atoms with Gasteiger partial charge < -0.3 is 10.1 Å². The molecule has 0 aliphatic rings. The van der Waals surface area contributed by atoms with Crippen LogP contribution in [0.2, 0.25) is 0 Å². The number of hydrogen-bond acceptors (Lipinski definition) is 3. The van der Waals surface area contributed by atoms with E-state index >= 15 is 0 Å². The van der Waals surface area contributed by atoms with Crippen molar-refractivity contribution in [2.75, 3.05) is 24.1 Å². The van der Waals surface area contributed by atoms with Crippen molar-refractivity contribution in [3.05, 3.63) is 0 Å². The quantitative estimate of drug-likeness (QED) is 0.428. The number of carbonyl (C=O) groups excluding carboxylic acids is 1. The largest absolute Gasteiger partial charge is 0.341 e. The molecule has 0 aromatic carbocycles. The van der Waals surface area contributed by atoms with Gasteiger partial charge in [-0.05, 0) is 0 Å². The Balaban J connectivity index is 3.60. The molecule has 0 unspecified atom stereocenters. The van der Waals surface area contributed by atoms with Gasteiger partial charge in [0.1, 0.15) is 0 Å². The van der Waals surface area contributed by atoms with Gasteiger partial charge in [0.05, 0.1) is 0 Å². The van der Waals surface area contributed by atoms with E-state index in [2.05, 4.69) is 22.6 Å². The highest BCUT2D eigenvalue weighted by molar-refractivity contribution is 14.1. The standard InChI is InChI=1S/C6H13IN2O2/c1-6(10)9(4-2-7)5-3-8-11/h8,11H,2-5H2,1H3. The van der Waals surface area contributed by atoms with Gasteiger partial charge in [0.25, 0.3) is 0 Å². The van der Waals surface area contributed by atoms with E-state index in [1.807, 2.05) is 5.48 Å². The smallest absolute Gasteiger partial charge is 0.219 e. The molecule has 4 nitrogen and oxygen atoms in total. The van der Waals surface area contributed by atoms with Crippen molar-refractivity contribution in [3.8, 4) is 0 Å². The predicted octanol–water partition coefficient (Wildman–Crippen LogP) is 0.249. The van der Waals surface area contributed by atoms with Crippen LogP contribution in [0.15, 0.2) is 0 Å². The lowest BCUT2D eigenvalue weighted by Crippen LogP contribution is -2.35. The van der Waals surface area contributed by atoms with Crippen molar-refractivity contribution >= 4 is 28.5 Å². The second kappa shape index (κ2) is 6.81. The second-order valence-corrected chi connectivity index (χ2v) is 3.18. The van der Waals surface area contributed by atoms with Crippen molar-refractivity contribution in [2.24, 2.45) is 0 Å². The zero-order chi connectivity index (χ0) is 8.69. The summed E-state index contributed by atoms with van der Waals surface area (Å²) in [4.78, 5) is 12.5. The summed E-state index contributed by atoms with van der Waals surface area (Å²) in [5.74, 6) is 0.0527. The van der Waals surface area contributed by atoms with Crippen LogP contribution in [0.1, 0.15) is 6.92 Å². The fraction of sp³-hybridized carbons (Fsp3) is 0.833. The summed E-state index contributed by atoms with van der Waals surface area (Å²) in [5.41, 5.74) is 2.02. The molecule has 0 aliphatic carbocycles. The van der Waals surface area contributed by atoms with Crippen LogP contribution in [-0.2, 0) is 4.79 Å². The molecule has 2 N–H and O–H groups in total. The van der Waals surface area contributed by atoms with E-state index in [0.29, 0.717) is 13.1 Å². The lowest BCUT2D eigenvalue weighted by Gasteiger charge is -2.18. The lowest BCUT2D eigenvalue weighted by atomic mass is 10.4. The Morgan fingerprint density at radius 2 is 2.27 bits per heavy atom. The maximum Gasteiger partial charge on any atom is 0.219 e. The molecule has 0 saturated carbocycles. The minimum Gasteiger partial charge on any atom is -0.341 e. The molecular weight excluding hydrogens is 259 g/mol. The van der Waals surface area contributed by atoms with E-state index in [-0.39, 0.29) is 5.91 Å². The van der Waals surface area contributed by atoms with Crippen molar-refractivity contribution in [2.45, 2.75) is 6.92 Å². The second-order valence-electron chi connectivity index (χ2n) is 2.10. The van der Waals surface area contributed by atoms with Gasteiger partial charge in [-0.3, -0.25) is 4.79 Å². The first-order valence-corrected chi connectivity index (χ1v) is 4.93. The topological polar surface area (TPSA) is 52.6 Å². The van der Waals surface area contributed by atoms with E-state index in [4.69, 9.17) is 5.21 Å². The van der Waals surface area contributed by atoms with Gasteiger partial charge in [-0.15, -0.1) is 0 Å². The molecule has 0 aromatic heterocycles. The van der Waals surface area contributed by atoms with Crippen LogP contribution < -0.4 is 5.48 Å². The van der Waals surface area contributed by atoms with Gasteiger partial charge >= 0.3 is 0 Å². The van der Waals surface area contributed by atoms with Crippen molar-refractivity contribution in [3.63, 3.8) is 0 Å².